The van der Waals surface area contributed by atoms with E-state index in [1.807, 2.05) is 35.2 Å². The molecule has 4 nitrogen and oxygen atoms in total. The third-order valence-corrected chi connectivity index (χ3v) is 4.60. The van der Waals surface area contributed by atoms with E-state index in [0.717, 1.165) is 44.8 Å². The first kappa shape index (κ1) is 18.4. The second-order valence-corrected chi connectivity index (χ2v) is 6.51. The van der Waals surface area contributed by atoms with Gasteiger partial charge in [-0.15, -0.1) is 0 Å². The van der Waals surface area contributed by atoms with Crippen LogP contribution in [0.4, 0.5) is 4.39 Å². The van der Waals surface area contributed by atoms with Gasteiger partial charge in [-0.1, -0.05) is 18.2 Å². The van der Waals surface area contributed by atoms with Gasteiger partial charge >= 0.3 is 0 Å². The van der Waals surface area contributed by atoms with Crippen LogP contribution in [0, 0.1) is 5.82 Å². The Bertz CT molecular complexity index is 691. The predicted octanol–water partition coefficient (Wildman–Crippen LogP) is 3.44. The summed E-state index contributed by atoms with van der Waals surface area (Å²) < 4.78 is 18.8. The molecular formula is C21H25FN2O2. The molecule has 2 aromatic carbocycles. The molecule has 0 spiro atoms. The van der Waals surface area contributed by atoms with Crippen molar-refractivity contribution in [3.8, 4) is 5.75 Å². The van der Waals surface area contributed by atoms with Crippen molar-refractivity contribution in [3.63, 3.8) is 0 Å². The van der Waals surface area contributed by atoms with E-state index in [2.05, 4.69) is 4.90 Å². The van der Waals surface area contributed by atoms with Crippen molar-refractivity contribution in [1.29, 1.82) is 0 Å². The molecule has 138 valence electrons. The molecule has 0 bridgehead atoms. The first-order valence-electron chi connectivity index (χ1n) is 9.17. The zero-order valence-corrected chi connectivity index (χ0v) is 14.9. The van der Waals surface area contributed by atoms with Gasteiger partial charge in [0.1, 0.15) is 11.6 Å². The summed E-state index contributed by atoms with van der Waals surface area (Å²) in [5.74, 6) is 0.569. The Kier molecular flexibility index (Phi) is 6.61. The normalized spacial score (nSPS) is 15.5. The first-order valence-corrected chi connectivity index (χ1v) is 9.17. The zero-order chi connectivity index (χ0) is 18.2. The van der Waals surface area contributed by atoms with Crippen LogP contribution in [0.15, 0.2) is 54.6 Å². The summed E-state index contributed by atoms with van der Waals surface area (Å²) in [7, 11) is 0. The number of benzene rings is 2. The maximum atomic E-state index is 13.0. The van der Waals surface area contributed by atoms with Gasteiger partial charge < -0.3 is 14.5 Å². The minimum Gasteiger partial charge on any atom is -0.494 e. The summed E-state index contributed by atoms with van der Waals surface area (Å²) >= 11 is 0. The molecule has 1 fully saturated rings. The highest BCUT2D eigenvalue weighted by atomic mass is 19.1. The fourth-order valence-corrected chi connectivity index (χ4v) is 3.17. The maximum Gasteiger partial charge on any atom is 0.253 e. The number of para-hydroxylation sites is 1. The van der Waals surface area contributed by atoms with Crippen molar-refractivity contribution in [2.24, 2.45) is 0 Å². The Morgan fingerprint density at radius 3 is 2.50 bits per heavy atom. The molecule has 1 amide bonds. The molecule has 26 heavy (non-hydrogen) atoms. The third kappa shape index (κ3) is 5.30. The number of nitrogens with zero attached hydrogens (tertiary/aromatic N) is 2. The standard InChI is InChI=1S/C21H25FN2O2/c22-19-10-8-18(9-11-19)21(25)24-14-4-12-23(15-16-24)13-5-17-26-20-6-2-1-3-7-20/h1-3,6-11H,4-5,12-17H2. The Hall–Kier alpha value is -2.40. The zero-order valence-electron chi connectivity index (χ0n) is 14.9. The van der Waals surface area contributed by atoms with Crippen LogP contribution >= 0.6 is 0 Å². The average Bonchev–Trinajstić information content (AvgIpc) is 2.92. The van der Waals surface area contributed by atoms with Gasteiger partial charge in [0.05, 0.1) is 6.61 Å². The summed E-state index contributed by atoms with van der Waals surface area (Å²) in [6.07, 6.45) is 1.91. The monoisotopic (exact) mass is 356 g/mol. The van der Waals surface area contributed by atoms with E-state index in [1.54, 1.807) is 12.1 Å². The van der Waals surface area contributed by atoms with E-state index in [4.69, 9.17) is 4.74 Å². The molecule has 0 aliphatic carbocycles. The van der Waals surface area contributed by atoms with Crippen molar-refractivity contribution in [1.82, 2.24) is 9.80 Å². The van der Waals surface area contributed by atoms with Crippen LogP contribution < -0.4 is 4.74 Å². The van der Waals surface area contributed by atoms with E-state index >= 15 is 0 Å². The molecule has 3 rings (SSSR count). The fourth-order valence-electron chi connectivity index (χ4n) is 3.17. The second kappa shape index (κ2) is 9.34. The van der Waals surface area contributed by atoms with Crippen LogP contribution in [0.25, 0.3) is 0 Å². The highest BCUT2D eigenvalue weighted by molar-refractivity contribution is 5.94. The van der Waals surface area contributed by atoms with Crippen LogP contribution in [0.2, 0.25) is 0 Å². The summed E-state index contributed by atoms with van der Waals surface area (Å²) in [5, 5.41) is 0. The quantitative estimate of drug-likeness (QED) is 0.744. The fraction of sp³-hybridized carbons (Fsp3) is 0.381. The Labute approximate surface area is 154 Å². The van der Waals surface area contributed by atoms with Crippen LogP contribution in [-0.2, 0) is 0 Å². The van der Waals surface area contributed by atoms with Crippen molar-refractivity contribution < 1.29 is 13.9 Å². The lowest BCUT2D eigenvalue weighted by molar-refractivity contribution is 0.0761. The lowest BCUT2D eigenvalue weighted by Gasteiger charge is -2.22. The van der Waals surface area contributed by atoms with Crippen molar-refractivity contribution in [3.05, 3.63) is 66.0 Å². The largest absolute Gasteiger partial charge is 0.494 e. The molecule has 0 N–H and O–H groups in total. The smallest absolute Gasteiger partial charge is 0.253 e. The van der Waals surface area contributed by atoms with Gasteiger partial charge in [-0.2, -0.15) is 0 Å². The Balaban J connectivity index is 1.41. The Morgan fingerprint density at radius 2 is 1.73 bits per heavy atom. The molecule has 5 heteroatoms. The van der Waals surface area contributed by atoms with Gasteiger partial charge in [-0.05, 0) is 55.8 Å². The summed E-state index contributed by atoms with van der Waals surface area (Å²) in [4.78, 5) is 16.8. The van der Waals surface area contributed by atoms with E-state index in [1.165, 1.54) is 12.1 Å². The number of hydrogen-bond acceptors (Lipinski definition) is 3. The summed E-state index contributed by atoms with van der Waals surface area (Å²) in [6.45, 7) is 4.95. The Morgan fingerprint density at radius 1 is 0.962 bits per heavy atom. The number of ether oxygens (including phenoxy) is 1. The molecule has 0 saturated carbocycles. The van der Waals surface area contributed by atoms with Crippen molar-refractivity contribution in [2.75, 3.05) is 39.3 Å². The maximum absolute atomic E-state index is 13.0. The van der Waals surface area contributed by atoms with Crippen LogP contribution in [0.5, 0.6) is 5.75 Å². The number of carbonyl (C=O) groups excluding carboxylic acids is 1. The van der Waals surface area contributed by atoms with Gasteiger partial charge in [0, 0.05) is 31.7 Å². The van der Waals surface area contributed by atoms with Gasteiger partial charge in [0.15, 0.2) is 0 Å². The number of amides is 1. The predicted molar refractivity (Wildman–Crippen MR) is 99.9 cm³/mol. The van der Waals surface area contributed by atoms with Gasteiger partial charge in [-0.25, -0.2) is 4.39 Å². The first-order chi connectivity index (χ1) is 12.7. The second-order valence-electron chi connectivity index (χ2n) is 6.51. The average molecular weight is 356 g/mol. The summed E-state index contributed by atoms with van der Waals surface area (Å²) in [6, 6.07) is 15.6. The summed E-state index contributed by atoms with van der Waals surface area (Å²) in [5.41, 5.74) is 0.552. The van der Waals surface area contributed by atoms with E-state index in [0.29, 0.717) is 18.7 Å². The SMILES string of the molecule is O=C(c1ccc(F)cc1)N1CCCN(CCCOc2ccccc2)CC1. The molecular weight excluding hydrogens is 331 g/mol. The van der Waals surface area contributed by atoms with Crippen LogP contribution in [-0.4, -0.2) is 55.0 Å². The van der Waals surface area contributed by atoms with Crippen LogP contribution in [0.3, 0.4) is 0 Å². The van der Waals surface area contributed by atoms with E-state index in [-0.39, 0.29) is 11.7 Å². The minimum absolute atomic E-state index is 0.0146. The van der Waals surface area contributed by atoms with E-state index < -0.39 is 0 Å². The van der Waals surface area contributed by atoms with Gasteiger partial charge in [0.25, 0.3) is 5.91 Å². The molecule has 0 unspecified atom stereocenters. The van der Waals surface area contributed by atoms with E-state index in [9.17, 15) is 9.18 Å². The molecule has 1 heterocycles. The molecule has 0 radical (unpaired) electrons. The lowest BCUT2D eigenvalue weighted by Crippen LogP contribution is -2.35. The topological polar surface area (TPSA) is 32.8 Å². The molecule has 1 saturated heterocycles. The number of rotatable bonds is 6. The third-order valence-electron chi connectivity index (χ3n) is 4.60. The highest BCUT2D eigenvalue weighted by Gasteiger charge is 2.20. The molecule has 0 aromatic heterocycles. The number of hydrogen-bond donors (Lipinski definition) is 0. The molecule has 2 aromatic rings. The van der Waals surface area contributed by atoms with Crippen molar-refractivity contribution >= 4 is 5.91 Å². The highest BCUT2D eigenvalue weighted by Crippen LogP contribution is 2.12. The number of carbonyl (C=O) groups is 1. The van der Waals surface area contributed by atoms with Gasteiger partial charge in [0.2, 0.25) is 0 Å². The van der Waals surface area contributed by atoms with Crippen molar-refractivity contribution in [2.45, 2.75) is 12.8 Å². The minimum atomic E-state index is -0.318. The molecule has 1 aliphatic rings. The lowest BCUT2D eigenvalue weighted by atomic mass is 10.2. The van der Waals surface area contributed by atoms with Gasteiger partial charge in [-0.3, -0.25) is 4.79 Å². The van der Waals surface area contributed by atoms with Crippen LogP contribution in [0.1, 0.15) is 23.2 Å². The molecule has 1 aliphatic heterocycles. The molecule has 0 atom stereocenters. The number of halogens is 1.